The summed E-state index contributed by atoms with van der Waals surface area (Å²) in [5, 5.41) is 3.51. The molecule has 1 aromatic rings. The number of hydrogen-bond donors (Lipinski definition) is 1. The number of piperidine rings is 1. The molecule has 2 fully saturated rings. The molecule has 0 aliphatic carbocycles. The summed E-state index contributed by atoms with van der Waals surface area (Å²) in [6.07, 6.45) is 8.87. The van der Waals surface area contributed by atoms with Gasteiger partial charge >= 0.3 is 0 Å². The largest absolute Gasteiger partial charge is 0.385 e. The van der Waals surface area contributed by atoms with Crippen molar-refractivity contribution in [1.82, 2.24) is 15.1 Å². The van der Waals surface area contributed by atoms with Crippen molar-refractivity contribution >= 4 is 5.96 Å². The number of benzene rings is 1. The molecule has 0 aromatic heterocycles. The fourth-order valence-electron chi connectivity index (χ4n) is 4.67. The quantitative estimate of drug-likeness (QED) is 0.335. The topological polar surface area (TPSA) is 49.3 Å². The van der Waals surface area contributed by atoms with Gasteiger partial charge in [0.05, 0.1) is 12.6 Å². The summed E-state index contributed by atoms with van der Waals surface area (Å²) in [5.74, 6) is 1.04. The van der Waals surface area contributed by atoms with Crippen LogP contribution in [0.4, 0.5) is 0 Å². The van der Waals surface area contributed by atoms with Crippen LogP contribution in [-0.4, -0.2) is 74.9 Å². The predicted molar refractivity (Wildman–Crippen MR) is 132 cm³/mol. The monoisotopic (exact) mass is 444 g/mol. The van der Waals surface area contributed by atoms with Crippen molar-refractivity contribution in [3.63, 3.8) is 0 Å². The number of likely N-dealkylation sites (tertiary alicyclic amines) is 2. The molecule has 0 radical (unpaired) electrons. The van der Waals surface area contributed by atoms with Gasteiger partial charge in [-0.1, -0.05) is 37.1 Å². The molecule has 0 amide bonds. The molecule has 32 heavy (non-hydrogen) atoms. The Morgan fingerprint density at radius 3 is 2.41 bits per heavy atom. The van der Waals surface area contributed by atoms with Crippen molar-refractivity contribution in [3.8, 4) is 0 Å². The van der Waals surface area contributed by atoms with E-state index in [4.69, 9.17) is 14.5 Å². The van der Waals surface area contributed by atoms with Crippen LogP contribution < -0.4 is 5.32 Å². The summed E-state index contributed by atoms with van der Waals surface area (Å²) in [6.45, 7) is 10.8. The van der Waals surface area contributed by atoms with E-state index in [0.29, 0.717) is 6.10 Å². The van der Waals surface area contributed by atoms with E-state index < -0.39 is 0 Å². The molecule has 2 aliphatic heterocycles. The SMILES string of the molecule is CCNC(=NCc1ccccc1CN1CCCCCC1)N1CCC(OCCCOC)CC1. The standard InChI is InChI=1S/C26H44N4O2/c1-3-27-26(30-17-13-25(14-18-30)32-20-10-19-31-2)28-21-23-11-6-7-12-24(23)22-29-15-8-4-5-9-16-29/h6-7,11-12,25H,3-5,8-10,13-22H2,1-2H3,(H,27,28). The van der Waals surface area contributed by atoms with Crippen molar-refractivity contribution in [2.75, 3.05) is 53.0 Å². The summed E-state index contributed by atoms with van der Waals surface area (Å²) < 4.78 is 11.1. The lowest BCUT2D eigenvalue weighted by atomic mass is 10.1. The second-order valence-electron chi connectivity index (χ2n) is 9.03. The Morgan fingerprint density at radius 2 is 1.72 bits per heavy atom. The first-order chi connectivity index (χ1) is 15.8. The zero-order chi connectivity index (χ0) is 22.4. The molecule has 0 atom stereocenters. The van der Waals surface area contributed by atoms with Gasteiger partial charge in [-0.3, -0.25) is 4.90 Å². The van der Waals surface area contributed by atoms with Gasteiger partial charge in [0.25, 0.3) is 0 Å². The number of ether oxygens (including phenoxy) is 2. The Balaban J connectivity index is 1.55. The zero-order valence-corrected chi connectivity index (χ0v) is 20.4. The average Bonchev–Trinajstić information content (AvgIpc) is 3.09. The molecule has 0 spiro atoms. The Bertz CT molecular complexity index is 666. The second-order valence-corrected chi connectivity index (χ2v) is 9.03. The predicted octanol–water partition coefficient (Wildman–Crippen LogP) is 4.05. The van der Waals surface area contributed by atoms with Crippen molar-refractivity contribution in [2.45, 2.75) is 71.1 Å². The maximum absolute atomic E-state index is 6.03. The lowest BCUT2D eigenvalue weighted by Gasteiger charge is -2.34. The molecule has 0 unspecified atom stereocenters. The minimum atomic E-state index is 0.361. The Labute approximate surface area is 195 Å². The summed E-state index contributed by atoms with van der Waals surface area (Å²) in [7, 11) is 1.74. The lowest BCUT2D eigenvalue weighted by Crippen LogP contribution is -2.47. The summed E-state index contributed by atoms with van der Waals surface area (Å²) in [4.78, 5) is 10.1. The fourth-order valence-corrected chi connectivity index (χ4v) is 4.67. The molecule has 180 valence electrons. The smallest absolute Gasteiger partial charge is 0.194 e. The highest BCUT2D eigenvalue weighted by atomic mass is 16.5. The van der Waals surface area contributed by atoms with E-state index in [9.17, 15) is 0 Å². The number of guanidine groups is 1. The van der Waals surface area contributed by atoms with E-state index in [1.54, 1.807) is 7.11 Å². The molecule has 3 rings (SSSR count). The van der Waals surface area contributed by atoms with E-state index >= 15 is 0 Å². The minimum absolute atomic E-state index is 0.361. The lowest BCUT2D eigenvalue weighted by molar-refractivity contribution is 0.00990. The maximum atomic E-state index is 6.03. The molecular formula is C26H44N4O2. The van der Waals surface area contributed by atoms with Gasteiger partial charge in [-0.25, -0.2) is 4.99 Å². The van der Waals surface area contributed by atoms with E-state index in [0.717, 1.165) is 71.2 Å². The highest BCUT2D eigenvalue weighted by Gasteiger charge is 2.22. The minimum Gasteiger partial charge on any atom is -0.385 e. The van der Waals surface area contributed by atoms with E-state index in [1.807, 2.05) is 0 Å². The van der Waals surface area contributed by atoms with Crippen LogP contribution in [0.5, 0.6) is 0 Å². The van der Waals surface area contributed by atoms with Crippen LogP contribution >= 0.6 is 0 Å². The Morgan fingerprint density at radius 1 is 1.00 bits per heavy atom. The molecule has 1 N–H and O–H groups in total. The average molecular weight is 445 g/mol. The van der Waals surface area contributed by atoms with Gasteiger partial charge in [0.15, 0.2) is 5.96 Å². The zero-order valence-electron chi connectivity index (χ0n) is 20.4. The van der Waals surface area contributed by atoms with Gasteiger partial charge in [-0.15, -0.1) is 0 Å². The van der Waals surface area contributed by atoms with Gasteiger partial charge in [-0.05, 0) is 63.2 Å². The molecule has 0 saturated carbocycles. The number of hydrogen-bond acceptors (Lipinski definition) is 4. The van der Waals surface area contributed by atoms with Gasteiger partial charge in [0.2, 0.25) is 0 Å². The van der Waals surface area contributed by atoms with Crippen LogP contribution in [0, 0.1) is 0 Å². The molecular weight excluding hydrogens is 400 g/mol. The number of rotatable bonds is 10. The van der Waals surface area contributed by atoms with E-state index in [2.05, 4.69) is 46.3 Å². The molecule has 6 nitrogen and oxygen atoms in total. The first kappa shape index (κ1) is 25.0. The van der Waals surface area contributed by atoms with Crippen LogP contribution in [0.3, 0.4) is 0 Å². The maximum Gasteiger partial charge on any atom is 0.194 e. The number of aliphatic imine (C=N–C) groups is 1. The first-order valence-corrected chi connectivity index (χ1v) is 12.7. The molecule has 1 aromatic carbocycles. The highest BCUT2D eigenvalue weighted by Crippen LogP contribution is 2.18. The van der Waals surface area contributed by atoms with Gasteiger partial charge in [-0.2, -0.15) is 0 Å². The van der Waals surface area contributed by atoms with Crippen molar-refractivity contribution in [1.29, 1.82) is 0 Å². The third kappa shape index (κ3) is 8.38. The number of nitrogens with one attached hydrogen (secondary N) is 1. The van der Waals surface area contributed by atoms with Crippen molar-refractivity contribution in [2.24, 2.45) is 4.99 Å². The third-order valence-corrected chi connectivity index (χ3v) is 6.53. The second kappa shape index (κ2) is 14.5. The fraction of sp³-hybridized carbons (Fsp3) is 0.731. The number of methoxy groups -OCH3 is 1. The van der Waals surface area contributed by atoms with Crippen LogP contribution in [0.1, 0.15) is 63.0 Å². The van der Waals surface area contributed by atoms with Crippen molar-refractivity contribution < 1.29 is 9.47 Å². The van der Waals surface area contributed by atoms with Crippen LogP contribution in [0.25, 0.3) is 0 Å². The normalized spacial score (nSPS) is 19.2. The summed E-state index contributed by atoms with van der Waals surface area (Å²) in [5.41, 5.74) is 2.78. The van der Waals surface area contributed by atoms with Gasteiger partial charge in [0.1, 0.15) is 0 Å². The molecule has 2 saturated heterocycles. The van der Waals surface area contributed by atoms with Crippen molar-refractivity contribution in [3.05, 3.63) is 35.4 Å². The first-order valence-electron chi connectivity index (χ1n) is 12.7. The molecule has 2 heterocycles. The van der Waals surface area contributed by atoms with E-state index in [1.165, 1.54) is 49.9 Å². The number of nitrogens with zero attached hydrogens (tertiary/aromatic N) is 3. The van der Waals surface area contributed by atoms with E-state index in [-0.39, 0.29) is 0 Å². The van der Waals surface area contributed by atoms with Gasteiger partial charge in [0, 0.05) is 46.5 Å². The molecule has 6 heteroatoms. The summed E-state index contributed by atoms with van der Waals surface area (Å²) in [6, 6.07) is 8.86. The summed E-state index contributed by atoms with van der Waals surface area (Å²) >= 11 is 0. The Hall–Kier alpha value is -1.63. The third-order valence-electron chi connectivity index (χ3n) is 6.53. The van der Waals surface area contributed by atoms with Gasteiger partial charge < -0.3 is 19.7 Å². The van der Waals surface area contributed by atoms with Crippen LogP contribution in [0.2, 0.25) is 0 Å². The van der Waals surface area contributed by atoms with Crippen LogP contribution in [0.15, 0.2) is 29.3 Å². The molecule has 2 aliphatic rings. The van der Waals surface area contributed by atoms with Crippen LogP contribution in [-0.2, 0) is 22.6 Å². The molecule has 0 bridgehead atoms. The highest BCUT2D eigenvalue weighted by molar-refractivity contribution is 5.80. The Kier molecular flexibility index (Phi) is 11.3.